The summed E-state index contributed by atoms with van der Waals surface area (Å²) in [6.45, 7) is 0. The van der Waals surface area contributed by atoms with Crippen LogP contribution >= 0.6 is 0 Å². The Hall–Kier alpha value is -1.45. The van der Waals surface area contributed by atoms with Gasteiger partial charge in [0, 0.05) is 12.5 Å². The van der Waals surface area contributed by atoms with Gasteiger partial charge in [-0.1, -0.05) is 5.16 Å². The molecule has 0 bridgehead atoms. The maximum atomic E-state index is 11.4. The minimum Gasteiger partial charge on any atom is -0.364 e. The SMILES string of the molecule is O=C1CCC(c2ccon2)C(=O)C1. The van der Waals surface area contributed by atoms with Crippen molar-refractivity contribution in [3.05, 3.63) is 18.0 Å². The first kappa shape index (κ1) is 8.16. The molecule has 0 aromatic carbocycles. The third-order valence-corrected chi connectivity index (χ3v) is 2.29. The molecular weight excluding hydrogens is 170 g/mol. The van der Waals surface area contributed by atoms with E-state index in [1.54, 1.807) is 6.07 Å². The lowest BCUT2D eigenvalue weighted by Crippen LogP contribution is -2.23. The van der Waals surface area contributed by atoms with Gasteiger partial charge in [-0.25, -0.2) is 0 Å². The molecule has 1 aromatic rings. The van der Waals surface area contributed by atoms with Gasteiger partial charge in [0.05, 0.1) is 18.0 Å². The molecule has 4 heteroatoms. The number of carbonyl (C=O) groups excluding carboxylic acids is 2. The Morgan fingerprint density at radius 2 is 2.31 bits per heavy atom. The second-order valence-corrected chi connectivity index (χ2v) is 3.20. The molecule has 0 radical (unpaired) electrons. The van der Waals surface area contributed by atoms with E-state index >= 15 is 0 Å². The van der Waals surface area contributed by atoms with E-state index in [1.165, 1.54) is 6.26 Å². The molecule has 0 saturated heterocycles. The Morgan fingerprint density at radius 1 is 1.46 bits per heavy atom. The van der Waals surface area contributed by atoms with E-state index in [2.05, 4.69) is 9.68 Å². The first-order valence-corrected chi connectivity index (χ1v) is 4.22. The minimum atomic E-state index is -0.226. The molecule has 0 aliphatic heterocycles. The Bertz CT molecular complexity index is 329. The fourth-order valence-corrected chi connectivity index (χ4v) is 1.59. The predicted molar refractivity (Wildman–Crippen MR) is 43.1 cm³/mol. The molecule has 1 unspecified atom stereocenters. The van der Waals surface area contributed by atoms with E-state index in [0.717, 1.165) is 0 Å². The number of nitrogens with zero attached hydrogens (tertiary/aromatic N) is 1. The second-order valence-electron chi connectivity index (χ2n) is 3.20. The van der Waals surface area contributed by atoms with Gasteiger partial charge in [0.2, 0.25) is 0 Å². The van der Waals surface area contributed by atoms with Crippen LogP contribution in [0.15, 0.2) is 16.9 Å². The normalized spacial score (nSPS) is 23.5. The smallest absolute Gasteiger partial charge is 0.149 e. The number of hydrogen-bond donors (Lipinski definition) is 0. The van der Waals surface area contributed by atoms with Crippen molar-refractivity contribution in [1.29, 1.82) is 0 Å². The van der Waals surface area contributed by atoms with Crippen molar-refractivity contribution < 1.29 is 14.1 Å². The van der Waals surface area contributed by atoms with Gasteiger partial charge in [-0.3, -0.25) is 9.59 Å². The molecule has 1 aromatic heterocycles. The monoisotopic (exact) mass is 179 g/mol. The van der Waals surface area contributed by atoms with E-state index in [0.29, 0.717) is 18.5 Å². The fraction of sp³-hybridized carbons (Fsp3) is 0.444. The Morgan fingerprint density at radius 3 is 2.92 bits per heavy atom. The summed E-state index contributed by atoms with van der Waals surface area (Å²) in [5.74, 6) is -0.230. The summed E-state index contributed by atoms with van der Waals surface area (Å²) in [6.07, 6.45) is 2.55. The zero-order valence-corrected chi connectivity index (χ0v) is 7.03. The molecule has 1 saturated carbocycles. The van der Waals surface area contributed by atoms with Crippen LogP contribution in [0, 0.1) is 0 Å². The van der Waals surface area contributed by atoms with Gasteiger partial charge in [0.1, 0.15) is 17.8 Å². The van der Waals surface area contributed by atoms with E-state index in [1.807, 2.05) is 0 Å². The van der Waals surface area contributed by atoms with Crippen LogP contribution in [0.25, 0.3) is 0 Å². The number of Topliss-reactive ketones (excluding diaryl/α,β-unsaturated/α-hetero) is 2. The van der Waals surface area contributed by atoms with Gasteiger partial charge in [-0.05, 0) is 6.42 Å². The highest BCUT2D eigenvalue weighted by molar-refractivity contribution is 6.04. The summed E-state index contributed by atoms with van der Waals surface area (Å²) in [5.41, 5.74) is 0.650. The molecule has 1 atom stereocenters. The number of hydrogen-bond acceptors (Lipinski definition) is 4. The number of aromatic nitrogens is 1. The lowest BCUT2D eigenvalue weighted by atomic mass is 9.85. The average Bonchev–Trinajstić information content (AvgIpc) is 2.56. The van der Waals surface area contributed by atoms with Crippen molar-refractivity contribution >= 4 is 11.6 Å². The third kappa shape index (κ3) is 1.52. The molecule has 1 aliphatic rings. The quantitative estimate of drug-likeness (QED) is 0.605. The van der Waals surface area contributed by atoms with Crippen molar-refractivity contribution in [3.63, 3.8) is 0 Å². The van der Waals surface area contributed by atoms with Gasteiger partial charge >= 0.3 is 0 Å². The number of carbonyl (C=O) groups is 2. The van der Waals surface area contributed by atoms with Gasteiger partial charge < -0.3 is 4.52 Å². The fourth-order valence-electron chi connectivity index (χ4n) is 1.59. The van der Waals surface area contributed by atoms with Crippen molar-refractivity contribution in [3.8, 4) is 0 Å². The number of rotatable bonds is 1. The van der Waals surface area contributed by atoms with Crippen molar-refractivity contribution in [1.82, 2.24) is 5.16 Å². The van der Waals surface area contributed by atoms with Crippen LogP contribution < -0.4 is 0 Å². The van der Waals surface area contributed by atoms with Crippen molar-refractivity contribution in [2.45, 2.75) is 25.2 Å². The lowest BCUT2D eigenvalue weighted by Gasteiger charge is -2.16. The zero-order valence-electron chi connectivity index (χ0n) is 7.03. The van der Waals surface area contributed by atoms with Crippen molar-refractivity contribution in [2.75, 3.05) is 0 Å². The van der Waals surface area contributed by atoms with Gasteiger partial charge in [-0.2, -0.15) is 0 Å². The molecule has 0 N–H and O–H groups in total. The highest BCUT2D eigenvalue weighted by atomic mass is 16.5. The van der Waals surface area contributed by atoms with Crippen LogP contribution in [-0.4, -0.2) is 16.7 Å². The topological polar surface area (TPSA) is 60.2 Å². The zero-order chi connectivity index (χ0) is 9.26. The molecule has 1 fully saturated rings. The van der Waals surface area contributed by atoms with Crippen LogP contribution in [-0.2, 0) is 9.59 Å². The molecule has 1 heterocycles. The van der Waals surface area contributed by atoms with E-state index in [4.69, 9.17) is 0 Å². The maximum Gasteiger partial charge on any atom is 0.149 e. The number of ketones is 2. The van der Waals surface area contributed by atoms with Crippen LogP contribution in [0.5, 0.6) is 0 Å². The Labute approximate surface area is 74.9 Å². The van der Waals surface area contributed by atoms with Crippen molar-refractivity contribution in [2.24, 2.45) is 0 Å². The summed E-state index contributed by atoms with van der Waals surface area (Å²) in [7, 11) is 0. The maximum absolute atomic E-state index is 11.4. The molecule has 0 amide bonds. The highest BCUT2D eigenvalue weighted by Crippen LogP contribution is 2.26. The molecule has 1 aliphatic carbocycles. The van der Waals surface area contributed by atoms with Crippen LogP contribution in [0.2, 0.25) is 0 Å². The Balaban J connectivity index is 2.17. The van der Waals surface area contributed by atoms with E-state index in [-0.39, 0.29) is 23.9 Å². The largest absolute Gasteiger partial charge is 0.364 e. The van der Waals surface area contributed by atoms with E-state index in [9.17, 15) is 9.59 Å². The molecule has 68 valence electrons. The molecule has 4 nitrogen and oxygen atoms in total. The summed E-state index contributed by atoms with van der Waals surface area (Å²) in [4.78, 5) is 22.3. The highest BCUT2D eigenvalue weighted by Gasteiger charge is 2.29. The summed E-state index contributed by atoms with van der Waals surface area (Å²) < 4.78 is 4.66. The molecular formula is C9H9NO3. The van der Waals surface area contributed by atoms with Crippen LogP contribution in [0.4, 0.5) is 0 Å². The van der Waals surface area contributed by atoms with Crippen LogP contribution in [0.1, 0.15) is 30.9 Å². The van der Waals surface area contributed by atoms with Gasteiger partial charge in [-0.15, -0.1) is 0 Å². The minimum absolute atomic E-state index is 0.0322. The van der Waals surface area contributed by atoms with E-state index < -0.39 is 0 Å². The third-order valence-electron chi connectivity index (χ3n) is 2.29. The summed E-state index contributed by atoms with van der Waals surface area (Å²) >= 11 is 0. The summed E-state index contributed by atoms with van der Waals surface area (Å²) in [5, 5.41) is 3.71. The van der Waals surface area contributed by atoms with Gasteiger partial charge in [0.15, 0.2) is 0 Å². The molecule has 2 rings (SSSR count). The summed E-state index contributed by atoms with van der Waals surface area (Å²) in [6, 6.07) is 1.68. The first-order chi connectivity index (χ1) is 6.27. The lowest BCUT2D eigenvalue weighted by molar-refractivity contribution is -0.130. The van der Waals surface area contributed by atoms with Gasteiger partial charge in [0.25, 0.3) is 0 Å². The molecule has 0 spiro atoms. The average molecular weight is 179 g/mol. The standard InChI is InChI=1S/C9H9NO3/c11-6-1-2-7(9(12)5-6)8-3-4-13-10-8/h3-4,7H,1-2,5H2. The molecule has 13 heavy (non-hydrogen) atoms. The first-order valence-electron chi connectivity index (χ1n) is 4.22. The van der Waals surface area contributed by atoms with Crippen LogP contribution in [0.3, 0.4) is 0 Å². The second kappa shape index (κ2) is 3.12. The predicted octanol–water partition coefficient (Wildman–Crippen LogP) is 1.08. The Kier molecular flexibility index (Phi) is 1.96.